The van der Waals surface area contributed by atoms with Crippen LogP contribution in [0.25, 0.3) is 0 Å². The van der Waals surface area contributed by atoms with E-state index in [2.05, 4.69) is 0 Å². The first kappa shape index (κ1) is 21.3. The predicted molar refractivity (Wildman–Crippen MR) is 105 cm³/mol. The molecule has 1 heterocycles. The fourth-order valence-corrected chi connectivity index (χ4v) is 2.44. The molecule has 152 valence electrons. The summed E-state index contributed by atoms with van der Waals surface area (Å²) in [4.78, 5) is 23.8. The highest BCUT2D eigenvalue weighted by molar-refractivity contribution is 5.71. The maximum Gasteiger partial charge on any atom is 0.344 e. The van der Waals surface area contributed by atoms with Gasteiger partial charge in [-0.25, -0.2) is 4.79 Å². The molecule has 0 aliphatic rings. The minimum Gasteiger partial charge on any atom is -0.497 e. The van der Waals surface area contributed by atoms with E-state index in [1.54, 1.807) is 20.2 Å². The molecule has 0 fully saturated rings. The Balaban J connectivity index is 1.93. The van der Waals surface area contributed by atoms with Crippen LogP contribution in [-0.4, -0.2) is 37.5 Å². The predicted octanol–water partition coefficient (Wildman–Crippen LogP) is 2.82. The highest BCUT2D eigenvalue weighted by atomic mass is 16.6. The normalized spacial score (nSPS) is 10.6. The Bertz CT molecular complexity index is 826. The first-order valence-electron chi connectivity index (χ1n) is 9.16. The zero-order valence-corrected chi connectivity index (χ0v) is 16.8. The number of esters is 1. The van der Waals surface area contributed by atoms with E-state index in [4.69, 9.17) is 18.9 Å². The van der Waals surface area contributed by atoms with E-state index in [0.29, 0.717) is 25.5 Å². The Morgan fingerprint density at radius 2 is 1.75 bits per heavy atom. The van der Waals surface area contributed by atoms with Crippen LogP contribution < -0.4 is 19.6 Å². The summed E-state index contributed by atoms with van der Waals surface area (Å²) < 4.78 is 23.2. The number of hydrogen-bond acceptors (Lipinski definition) is 6. The molecule has 7 nitrogen and oxygen atoms in total. The molecule has 28 heavy (non-hydrogen) atoms. The van der Waals surface area contributed by atoms with Gasteiger partial charge in [-0.05, 0) is 37.1 Å². The molecule has 1 aromatic heterocycles. The summed E-state index contributed by atoms with van der Waals surface area (Å²) in [7, 11) is 1.61. The van der Waals surface area contributed by atoms with Crippen molar-refractivity contribution in [2.75, 3.05) is 26.9 Å². The van der Waals surface area contributed by atoms with Crippen molar-refractivity contribution in [1.29, 1.82) is 0 Å². The highest BCUT2D eigenvalue weighted by Crippen LogP contribution is 2.17. The van der Waals surface area contributed by atoms with Gasteiger partial charge < -0.3 is 23.5 Å². The van der Waals surface area contributed by atoms with Crippen molar-refractivity contribution in [1.82, 2.24) is 4.57 Å². The minimum absolute atomic E-state index is 0.147. The van der Waals surface area contributed by atoms with Gasteiger partial charge in [0.15, 0.2) is 12.4 Å². The molecule has 2 rings (SSSR count). The van der Waals surface area contributed by atoms with Crippen molar-refractivity contribution < 1.29 is 23.7 Å². The maximum atomic E-state index is 12.1. The average Bonchev–Trinajstić information content (AvgIpc) is 2.68. The number of methoxy groups -OCH3 is 1. The summed E-state index contributed by atoms with van der Waals surface area (Å²) in [6, 6.07) is 8.71. The number of ether oxygens (including phenoxy) is 4. The van der Waals surface area contributed by atoms with E-state index in [9.17, 15) is 9.59 Å². The lowest BCUT2D eigenvalue weighted by molar-refractivity contribution is -0.147. The van der Waals surface area contributed by atoms with Gasteiger partial charge in [0.25, 0.3) is 0 Å². The number of nitrogens with zero attached hydrogens (tertiary/aromatic N) is 1. The van der Waals surface area contributed by atoms with Crippen LogP contribution in [0.3, 0.4) is 0 Å². The van der Waals surface area contributed by atoms with Crippen LogP contribution in [0, 0.1) is 12.8 Å². The molecule has 0 N–H and O–H groups in total. The molecule has 0 aliphatic heterocycles. The molecule has 0 unspecified atom stereocenters. The van der Waals surface area contributed by atoms with Crippen molar-refractivity contribution >= 4 is 5.97 Å². The standard InChI is InChI=1S/C21H27NO6/c1-15(2)13-27-20(24)14-28-21-16(3)22(10-9-19(21)23)11-12-26-18-7-5-17(25-4)6-8-18/h5-10,15H,11-14H2,1-4H3. The summed E-state index contributed by atoms with van der Waals surface area (Å²) >= 11 is 0. The van der Waals surface area contributed by atoms with Crippen molar-refractivity contribution in [2.45, 2.75) is 27.3 Å². The zero-order valence-electron chi connectivity index (χ0n) is 16.8. The average molecular weight is 389 g/mol. The van der Waals surface area contributed by atoms with Gasteiger partial charge in [0.1, 0.15) is 18.1 Å². The second kappa shape index (κ2) is 10.4. The van der Waals surface area contributed by atoms with Crippen molar-refractivity contribution in [2.24, 2.45) is 5.92 Å². The van der Waals surface area contributed by atoms with E-state index in [1.807, 2.05) is 42.7 Å². The smallest absolute Gasteiger partial charge is 0.344 e. The molecule has 0 amide bonds. The van der Waals surface area contributed by atoms with Crippen molar-refractivity contribution in [3.05, 3.63) is 52.4 Å². The molecule has 7 heteroatoms. The second-order valence-corrected chi connectivity index (χ2v) is 6.68. The van der Waals surface area contributed by atoms with Gasteiger partial charge in [-0.1, -0.05) is 13.8 Å². The summed E-state index contributed by atoms with van der Waals surface area (Å²) in [6.45, 7) is 6.62. The lowest BCUT2D eigenvalue weighted by Gasteiger charge is -2.15. The van der Waals surface area contributed by atoms with E-state index in [1.165, 1.54) is 6.07 Å². The SMILES string of the molecule is COc1ccc(OCCn2ccc(=O)c(OCC(=O)OCC(C)C)c2C)cc1. The van der Waals surface area contributed by atoms with Crippen LogP contribution in [0.4, 0.5) is 0 Å². The molecule has 0 radical (unpaired) electrons. The van der Waals surface area contributed by atoms with Gasteiger partial charge in [-0.3, -0.25) is 4.79 Å². The van der Waals surface area contributed by atoms with E-state index in [-0.39, 0.29) is 23.7 Å². The number of hydrogen-bond donors (Lipinski definition) is 0. The van der Waals surface area contributed by atoms with Gasteiger partial charge in [-0.15, -0.1) is 0 Å². The molecule has 0 saturated carbocycles. The zero-order chi connectivity index (χ0) is 20.5. The fraction of sp³-hybridized carbons (Fsp3) is 0.429. The number of carbonyl (C=O) groups is 1. The number of pyridine rings is 1. The first-order valence-corrected chi connectivity index (χ1v) is 9.16. The molecule has 0 atom stereocenters. The third kappa shape index (κ3) is 6.33. The Hall–Kier alpha value is -2.96. The number of aromatic nitrogens is 1. The third-order valence-corrected chi connectivity index (χ3v) is 3.96. The summed E-state index contributed by atoms with van der Waals surface area (Å²) in [5, 5.41) is 0. The van der Waals surface area contributed by atoms with Gasteiger partial charge >= 0.3 is 5.97 Å². The Kier molecular flexibility index (Phi) is 7.92. The van der Waals surface area contributed by atoms with Crippen LogP contribution in [0.5, 0.6) is 17.2 Å². The summed E-state index contributed by atoms with van der Waals surface area (Å²) in [5.74, 6) is 1.38. The minimum atomic E-state index is -0.495. The van der Waals surface area contributed by atoms with E-state index in [0.717, 1.165) is 11.5 Å². The molecular weight excluding hydrogens is 362 g/mol. The highest BCUT2D eigenvalue weighted by Gasteiger charge is 2.12. The second-order valence-electron chi connectivity index (χ2n) is 6.68. The van der Waals surface area contributed by atoms with E-state index >= 15 is 0 Å². The molecular formula is C21H27NO6. The number of carbonyl (C=O) groups excluding carboxylic acids is 1. The van der Waals surface area contributed by atoms with Crippen molar-refractivity contribution in [3.63, 3.8) is 0 Å². The fourth-order valence-electron chi connectivity index (χ4n) is 2.44. The van der Waals surface area contributed by atoms with Crippen LogP contribution in [0.1, 0.15) is 19.5 Å². The Labute approximate surface area is 164 Å². The first-order chi connectivity index (χ1) is 13.4. The van der Waals surface area contributed by atoms with Crippen LogP contribution in [-0.2, 0) is 16.1 Å². The topological polar surface area (TPSA) is 76.0 Å². The van der Waals surface area contributed by atoms with Gasteiger partial charge in [0.2, 0.25) is 5.43 Å². The number of rotatable bonds is 10. The van der Waals surface area contributed by atoms with Crippen molar-refractivity contribution in [3.8, 4) is 17.2 Å². The van der Waals surface area contributed by atoms with Crippen LogP contribution >= 0.6 is 0 Å². The van der Waals surface area contributed by atoms with Gasteiger partial charge in [0, 0.05) is 12.3 Å². The Morgan fingerprint density at radius 3 is 2.39 bits per heavy atom. The van der Waals surface area contributed by atoms with Crippen LogP contribution in [0.2, 0.25) is 0 Å². The van der Waals surface area contributed by atoms with Gasteiger partial charge in [0.05, 0.1) is 26.0 Å². The monoisotopic (exact) mass is 389 g/mol. The van der Waals surface area contributed by atoms with Crippen LogP contribution in [0.15, 0.2) is 41.3 Å². The molecule has 1 aromatic carbocycles. The molecule has 2 aromatic rings. The van der Waals surface area contributed by atoms with E-state index < -0.39 is 5.97 Å². The number of benzene rings is 1. The summed E-state index contributed by atoms with van der Waals surface area (Å²) in [6.07, 6.45) is 1.68. The molecule has 0 bridgehead atoms. The lowest BCUT2D eigenvalue weighted by atomic mass is 10.2. The third-order valence-electron chi connectivity index (χ3n) is 3.96. The quantitative estimate of drug-likeness (QED) is 0.582. The van der Waals surface area contributed by atoms with Gasteiger partial charge in [-0.2, -0.15) is 0 Å². The molecule has 0 saturated heterocycles. The molecule has 0 spiro atoms. The summed E-state index contributed by atoms with van der Waals surface area (Å²) in [5.41, 5.74) is 0.351. The molecule has 0 aliphatic carbocycles. The Morgan fingerprint density at radius 1 is 1.07 bits per heavy atom. The largest absolute Gasteiger partial charge is 0.497 e. The lowest BCUT2D eigenvalue weighted by Crippen LogP contribution is -2.22. The maximum absolute atomic E-state index is 12.1.